The fourth-order valence-corrected chi connectivity index (χ4v) is 2.30. The molecule has 104 valence electrons. The van der Waals surface area contributed by atoms with Gasteiger partial charge in [-0.2, -0.15) is 0 Å². The van der Waals surface area contributed by atoms with E-state index in [4.69, 9.17) is 4.42 Å². The first-order valence-electron chi connectivity index (χ1n) is 6.81. The summed E-state index contributed by atoms with van der Waals surface area (Å²) in [6, 6.07) is 2.71. The summed E-state index contributed by atoms with van der Waals surface area (Å²) in [5.41, 5.74) is 0. The molecular weight excluding hydrogens is 244 g/mol. The van der Waals surface area contributed by atoms with Crippen LogP contribution in [0.15, 0.2) is 22.8 Å². The van der Waals surface area contributed by atoms with Crippen LogP contribution in [0.1, 0.15) is 43.2 Å². The lowest BCUT2D eigenvalue weighted by atomic mass is 10.2. The molecule has 1 aromatic rings. The summed E-state index contributed by atoms with van der Waals surface area (Å²) in [7, 11) is 0. The quantitative estimate of drug-likeness (QED) is 0.905. The Morgan fingerprint density at radius 3 is 2.53 bits per heavy atom. The van der Waals surface area contributed by atoms with E-state index in [0.717, 1.165) is 25.9 Å². The third kappa shape index (κ3) is 3.59. The summed E-state index contributed by atoms with van der Waals surface area (Å²) in [4.78, 5) is 25.9. The number of furan rings is 1. The number of hydrogen-bond acceptors (Lipinski definition) is 3. The zero-order valence-corrected chi connectivity index (χ0v) is 11.2. The second-order valence-electron chi connectivity index (χ2n) is 4.91. The Balaban J connectivity index is 1.89. The van der Waals surface area contributed by atoms with Gasteiger partial charge in [0.05, 0.1) is 6.26 Å². The molecule has 0 bridgehead atoms. The monoisotopic (exact) mass is 264 g/mol. The second kappa shape index (κ2) is 6.41. The number of carbonyl (C=O) groups is 2. The highest BCUT2D eigenvalue weighted by Crippen LogP contribution is 2.11. The first kappa shape index (κ1) is 13.6. The number of hydrogen-bond donors (Lipinski definition) is 1. The molecule has 0 saturated carbocycles. The van der Waals surface area contributed by atoms with Gasteiger partial charge < -0.3 is 14.6 Å². The molecule has 0 radical (unpaired) electrons. The molecule has 1 N–H and O–H groups in total. The van der Waals surface area contributed by atoms with E-state index in [2.05, 4.69) is 5.32 Å². The fraction of sp³-hybridized carbons (Fsp3) is 0.571. The molecule has 1 fully saturated rings. The minimum Gasteiger partial charge on any atom is -0.459 e. The molecule has 0 unspecified atom stereocenters. The Bertz CT molecular complexity index is 420. The van der Waals surface area contributed by atoms with Gasteiger partial charge in [0.25, 0.3) is 5.91 Å². The Morgan fingerprint density at radius 2 is 1.95 bits per heavy atom. The maximum atomic E-state index is 12.2. The lowest BCUT2D eigenvalue weighted by molar-refractivity contribution is -0.132. The van der Waals surface area contributed by atoms with E-state index in [1.54, 1.807) is 19.1 Å². The molecule has 0 aliphatic carbocycles. The highest BCUT2D eigenvalue weighted by atomic mass is 16.3. The lowest BCUT2D eigenvalue weighted by Gasteiger charge is -2.24. The van der Waals surface area contributed by atoms with Crippen molar-refractivity contribution in [2.45, 2.75) is 38.6 Å². The summed E-state index contributed by atoms with van der Waals surface area (Å²) < 4.78 is 5.00. The fourth-order valence-electron chi connectivity index (χ4n) is 2.30. The molecule has 1 aliphatic rings. The molecule has 2 rings (SSSR count). The third-order valence-electron chi connectivity index (χ3n) is 3.38. The minimum atomic E-state index is -0.518. The van der Waals surface area contributed by atoms with E-state index in [9.17, 15) is 9.59 Å². The first-order valence-corrected chi connectivity index (χ1v) is 6.81. The molecule has 2 amide bonds. The Morgan fingerprint density at radius 1 is 1.26 bits per heavy atom. The highest BCUT2D eigenvalue weighted by Gasteiger charge is 2.23. The average Bonchev–Trinajstić information content (AvgIpc) is 2.81. The molecule has 2 heterocycles. The van der Waals surface area contributed by atoms with Crippen LogP contribution in [0.2, 0.25) is 0 Å². The number of nitrogens with zero attached hydrogens (tertiary/aromatic N) is 1. The van der Waals surface area contributed by atoms with E-state index in [1.807, 2.05) is 4.90 Å². The van der Waals surface area contributed by atoms with Crippen LogP contribution >= 0.6 is 0 Å². The summed E-state index contributed by atoms with van der Waals surface area (Å²) in [5, 5.41) is 2.68. The molecule has 1 atom stereocenters. The second-order valence-corrected chi connectivity index (χ2v) is 4.91. The van der Waals surface area contributed by atoms with Gasteiger partial charge in [-0.1, -0.05) is 12.8 Å². The molecule has 5 nitrogen and oxygen atoms in total. The maximum Gasteiger partial charge on any atom is 0.287 e. The van der Waals surface area contributed by atoms with Crippen molar-refractivity contribution in [3.63, 3.8) is 0 Å². The van der Waals surface area contributed by atoms with E-state index >= 15 is 0 Å². The number of amides is 2. The average molecular weight is 264 g/mol. The van der Waals surface area contributed by atoms with Crippen LogP contribution < -0.4 is 5.32 Å². The van der Waals surface area contributed by atoms with Gasteiger partial charge in [-0.25, -0.2) is 0 Å². The Kier molecular flexibility index (Phi) is 4.60. The van der Waals surface area contributed by atoms with Gasteiger partial charge in [0.2, 0.25) is 5.91 Å². The summed E-state index contributed by atoms with van der Waals surface area (Å²) in [6.45, 7) is 3.30. The van der Waals surface area contributed by atoms with E-state index in [-0.39, 0.29) is 17.6 Å². The van der Waals surface area contributed by atoms with Crippen molar-refractivity contribution in [3.8, 4) is 0 Å². The molecule has 19 heavy (non-hydrogen) atoms. The smallest absolute Gasteiger partial charge is 0.287 e. The van der Waals surface area contributed by atoms with Gasteiger partial charge in [-0.15, -0.1) is 0 Å². The largest absolute Gasteiger partial charge is 0.459 e. The zero-order chi connectivity index (χ0) is 13.7. The molecule has 5 heteroatoms. The lowest BCUT2D eigenvalue weighted by Crippen LogP contribution is -2.47. The van der Waals surface area contributed by atoms with Gasteiger partial charge in [-0.3, -0.25) is 9.59 Å². The normalized spacial score (nSPS) is 17.6. The van der Waals surface area contributed by atoms with E-state index < -0.39 is 6.04 Å². The molecule has 1 saturated heterocycles. The van der Waals surface area contributed by atoms with Crippen molar-refractivity contribution in [1.82, 2.24) is 10.2 Å². The number of nitrogens with one attached hydrogen (secondary N) is 1. The predicted molar refractivity (Wildman–Crippen MR) is 70.7 cm³/mol. The van der Waals surface area contributed by atoms with Gasteiger partial charge in [-0.05, 0) is 31.9 Å². The predicted octanol–water partition coefficient (Wildman–Crippen LogP) is 1.80. The minimum absolute atomic E-state index is 0.0122. The summed E-state index contributed by atoms with van der Waals surface area (Å²) in [5.74, 6) is -0.127. The SMILES string of the molecule is C[C@@H](NC(=O)c1ccco1)C(=O)N1CCCCCC1. The number of carbonyl (C=O) groups excluding carboxylic acids is 2. The van der Waals surface area contributed by atoms with Crippen molar-refractivity contribution in [3.05, 3.63) is 24.2 Å². The van der Waals surface area contributed by atoms with Gasteiger partial charge in [0, 0.05) is 13.1 Å². The van der Waals surface area contributed by atoms with Gasteiger partial charge in [0.15, 0.2) is 5.76 Å². The van der Waals surface area contributed by atoms with Crippen LogP contribution in [0, 0.1) is 0 Å². The Labute approximate surface area is 113 Å². The standard InChI is InChI=1S/C14H20N2O3/c1-11(15-13(17)12-7-6-10-19-12)14(18)16-8-4-2-3-5-9-16/h6-7,10-11H,2-5,8-9H2,1H3,(H,15,17)/t11-/m1/s1. The summed E-state index contributed by atoms with van der Waals surface area (Å²) >= 11 is 0. The highest BCUT2D eigenvalue weighted by molar-refractivity contribution is 5.95. The number of rotatable bonds is 3. The van der Waals surface area contributed by atoms with Crippen molar-refractivity contribution in [2.75, 3.05) is 13.1 Å². The third-order valence-corrected chi connectivity index (χ3v) is 3.38. The van der Waals surface area contributed by atoms with Crippen molar-refractivity contribution < 1.29 is 14.0 Å². The van der Waals surface area contributed by atoms with Crippen molar-refractivity contribution in [1.29, 1.82) is 0 Å². The number of likely N-dealkylation sites (tertiary alicyclic amines) is 1. The van der Waals surface area contributed by atoms with E-state index in [1.165, 1.54) is 19.1 Å². The topological polar surface area (TPSA) is 62.6 Å². The van der Waals surface area contributed by atoms with E-state index in [0.29, 0.717) is 0 Å². The van der Waals surface area contributed by atoms with Crippen LogP contribution in [0.4, 0.5) is 0 Å². The molecule has 1 aliphatic heterocycles. The van der Waals surface area contributed by atoms with Crippen LogP contribution in [0.25, 0.3) is 0 Å². The molecular formula is C14H20N2O3. The molecule has 1 aromatic heterocycles. The van der Waals surface area contributed by atoms with Crippen LogP contribution in [0.3, 0.4) is 0 Å². The molecule has 0 spiro atoms. The van der Waals surface area contributed by atoms with Gasteiger partial charge >= 0.3 is 0 Å². The Hall–Kier alpha value is -1.78. The van der Waals surface area contributed by atoms with Crippen LogP contribution in [0.5, 0.6) is 0 Å². The van der Waals surface area contributed by atoms with Crippen molar-refractivity contribution in [2.24, 2.45) is 0 Å². The van der Waals surface area contributed by atoms with Crippen LogP contribution in [-0.2, 0) is 4.79 Å². The molecule has 0 aromatic carbocycles. The van der Waals surface area contributed by atoms with Gasteiger partial charge in [0.1, 0.15) is 6.04 Å². The summed E-state index contributed by atoms with van der Waals surface area (Å²) in [6.07, 6.45) is 5.89. The first-order chi connectivity index (χ1) is 9.18. The van der Waals surface area contributed by atoms with Crippen molar-refractivity contribution >= 4 is 11.8 Å². The maximum absolute atomic E-state index is 12.2. The van der Waals surface area contributed by atoms with Crippen LogP contribution in [-0.4, -0.2) is 35.8 Å². The zero-order valence-electron chi connectivity index (χ0n) is 11.2.